The summed E-state index contributed by atoms with van der Waals surface area (Å²) in [6, 6.07) is 10.9. The van der Waals surface area contributed by atoms with Crippen molar-refractivity contribution in [3.05, 3.63) is 52.4 Å². The molecule has 0 saturated heterocycles. The van der Waals surface area contributed by atoms with Gasteiger partial charge in [0.1, 0.15) is 5.75 Å². The highest BCUT2D eigenvalue weighted by molar-refractivity contribution is 5.62. The number of benzene rings is 2. The average Bonchev–Trinajstić information content (AvgIpc) is 2.47. The van der Waals surface area contributed by atoms with Crippen molar-refractivity contribution in [2.45, 2.75) is 13.8 Å². The maximum atomic E-state index is 9.80. The second-order valence-electron chi connectivity index (χ2n) is 4.79. The predicted octanol–water partition coefficient (Wildman–Crippen LogP) is 2.35. The van der Waals surface area contributed by atoms with Crippen molar-refractivity contribution in [1.82, 2.24) is 0 Å². The molecule has 2 rings (SSSR count). The molecule has 0 aliphatic carbocycles. The summed E-state index contributed by atoms with van der Waals surface area (Å²) in [5.41, 5.74) is 1.09. The minimum Gasteiger partial charge on any atom is -0.504 e. The highest BCUT2D eigenvalue weighted by Gasteiger charge is 2.06. The van der Waals surface area contributed by atoms with Crippen molar-refractivity contribution in [3.8, 4) is 17.2 Å². The monoisotopic (exact) mass is 297 g/mol. The quantitative estimate of drug-likeness (QED) is 0.881. The van der Waals surface area contributed by atoms with Crippen LogP contribution in [0.4, 0.5) is 0 Å². The number of aromatic hydroxyl groups is 1. The number of rotatable bonds is 4. The van der Waals surface area contributed by atoms with E-state index < -0.39 is 0 Å². The molecule has 0 aliphatic heterocycles. The van der Waals surface area contributed by atoms with Gasteiger partial charge < -0.3 is 14.6 Å². The van der Waals surface area contributed by atoms with Crippen LogP contribution in [0.25, 0.3) is 12.5 Å². The molecule has 0 unspecified atom stereocenters. The Hall–Kier alpha value is -2.75. The van der Waals surface area contributed by atoms with E-state index in [1.54, 1.807) is 19.2 Å². The third-order valence-corrected chi connectivity index (χ3v) is 3.09. The van der Waals surface area contributed by atoms with E-state index in [0.29, 0.717) is 27.8 Å². The van der Waals surface area contributed by atoms with Gasteiger partial charge in [-0.15, -0.1) is 0 Å². The number of phenols is 1. The van der Waals surface area contributed by atoms with Crippen LogP contribution in [0.5, 0.6) is 17.2 Å². The number of methoxy groups -OCH3 is 1. The van der Waals surface area contributed by atoms with Gasteiger partial charge in [-0.3, -0.25) is 0 Å². The Balaban J connectivity index is 2.62. The molecule has 114 valence electrons. The molecule has 2 aromatic carbocycles. The Morgan fingerprint density at radius 3 is 2.68 bits per heavy atom. The lowest BCUT2D eigenvalue weighted by Crippen LogP contribution is -2.27. The van der Waals surface area contributed by atoms with Crippen LogP contribution in [0.15, 0.2) is 41.4 Å². The second kappa shape index (κ2) is 6.80. The zero-order valence-electron chi connectivity index (χ0n) is 13.0. The molecule has 0 spiro atoms. The summed E-state index contributed by atoms with van der Waals surface area (Å²) in [6.45, 7) is 7.73. The molecule has 0 aliphatic rings. The van der Waals surface area contributed by atoms with Gasteiger partial charge in [-0.1, -0.05) is 18.7 Å². The first kappa shape index (κ1) is 15.6. The first-order valence-corrected chi connectivity index (χ1v) is 6.88. The standard InChI is InChI=1S/C18H19NO3/c1-5-19-18(22-14-8-6-7-12(2)9-14)15-11-17(21-4)16(20)10-13(15)3/h5-11,20H,3H2,1-2,4H3/b18-15+,19-5?. The summed E-state index contributed by atoms with van der Waals surface area (Å²) >= 11 is 0. The molecular formula is C18H19NO3. The van der Waals surface area contributed by atoms with Crippen molar-refractivity contribution in [3.63, 3.8) is 0 Å². The lowest BCUT2D eigenvalue weighted by atomic mass is 10.2. The van der Waals surface area contributed by atoms with Gasteiger partial charge in [0, 0.05) is 11.4 Å². The molecule has 1 N–H and O–H groups in total. The normalized spacial score (nSPS) is 12.3. The molecule has 0 bridgehead atoms. The first-order chi connectivity index (χ1) is 10.5. The topological polar surface area (TPSA) is 51.0 Å². The van der Waals surface area contributed by atoms with Gasteiger partial charge in [0.2, 0.25) is 5.88 Å². The minimum absolute atomic E-state index is 0.0339. The van der Waals surface area contributed by atoms with Gasteiger partial charge in [0.05, 0.1) is 7.11 Å². The molecule has 2 aromatic rings. The van der Waals surface area contributed by atoms with Crippen LogP contribution in [0.1, 0.15) is 12.5 Å². The van der Waals surface area contributed by atoms with Gasteiger partial charge in [0.25, 0.3) is 0 Å². The SMILES string of the molecule is C=c1cc(O)c(OC)c/c1=C(/N=CC)Oc1cccc(C)c1. The number of aliphatic imine (C=N–C) groups is 1. The molecule has 0 radical (unpaired) electrons. The van der Waals surface area contributed by atoms with Gasteiger partial charge in [-0.25, -0.2) is 4.99 Å². The van der Waals surface area contributed by atoms with Crippen LogP contribution in [0, 0.1) is 6.92 Å². The number of aryl methyl sites for hydroxylation is 1. The molecule has 4 nitrogen and oxygen atoms in total. The molecular weight excluding hydrogens is 278 g/mol. The Bertz CT molecular complexity index is 810. The molecule has 0 aromatic heterocycles. The van der Waals surface area contributed by atoms with Crippen LogP contribution < -0.4 is 19.9 Å². The van der Waals surface area contributed by atoms with E-state index in [1.807, 2.05) is 31.2 Å². The summed E-state index contributed by atoms with van der Waals surface area (Å²) in [5, 5.41) is 11.1. The van der Waals surface area contributed by atoms with E-state index in [-0.39, 0.29) is 5.75 Å². The highest BCUT2D eigenvalue weighted by atomic mass is 16.5. The summed E-state index contributed by atoms with van der Waals surface area (Å²) in [7, 11) is 1.49. The predicted molar refractivity (Wildman–Crippen MR) is 88.8 cm³/mol. The van der Waals surface area contributed by atoms with E-state index in [0.717, 1.165) is 5.56 Å². The molecule has 4 heteroatoms. The van der Waals surface area contributed by atoms with E-state index in [4.69, 9.17) is 9.47 Å². The van der Waals surface area contributed by atoms with Crippen molar-refractivity contribution < 1.29 is 14.6 Å². The fraction of sp³-hybridized carbons (Fsp3) is 0.167. The molecule has 0 heterocycles. The van der Waals surface area contributed by atoms with Crippen LogP contribution in [0.3, 0.4) is 0 Å². The number of hydrogen-bond acceptors (Lipinski definition) is 4. The van der Waals surface area contributed by atoms with Gasteiger partial charge in [0.15, 0.2) is 11.5 Å². The highest BCUT2D eigenvalue weighted by Crippen LogP contribution is 2.21. The molecule has 22 heavy (non-hydrogen) atoms. The van der Waals surface area contributed by atoms with E-state index in [9.17, 15) is 5.11 Å². The second-order valence-corrected chi connectivity index (χ2v) is 4.79. The third-order valence-electron chi connectivity index (χ3n) is 3.09. The van der Waals surface area contributed by atoms with Crippen LogP contribution >= 0.6 is 0 Å². The number of ether oxygens (including phenoxy) is 2. The molecule has 0 atom stereocenters. The average molecular weight is 297 g/mol. The lowest BCUT2D eigenvalue weighted by molar-refractivity contribution is 0.372. The Labute approximate surface area is 129 Å². The van der Waals surface area contributed by atoms with Gasteiger partial charge >= 0.3 is 0 Å². The lowest BCUT2D eigenvalue weighted by Gasteiger charge is -2.08. The summed E-state index contributed by atoms with van der Waals surface area (Å²) in [4.78, 5) is 4.28. The first-order valence-electron chi connectivity index (χ1n) is 6.88. The van der Waals surface area contributed by atoms with E-state index >= 15 is 0 Å². The molecule has 0 amide bonds. The largest absolute Gasteiger partial charge is 0.504 e. The number of nitrogens with zero attached hydrogens (tertiary/aromatic N) is 1. The maximum Gasteiger partial charge on any atom is 0.226 e. The Kier molecular flexibility index (Phi) is 4.84. The maximum absolute atomic E-state index is 9.80. The Morgan fingerprint density at radius 1 is 1.27 bits per heavy atom. The summed E-state index contributed by atoms with van der Waals surface area (Å²) in [5.74, 6) is 1.47. The van der Waals surface area contributed by atoms with Crippen molar-refractivity contribution in [2.24, 2.45) is 4.99 Å². The third kappa shape index (κ3) is 3.47. The van der Waals surface area contributed by atoms with Crippen LogP contribution in [0.2, 0.25) is 0 Å². The van der Waals surface area contributed by atoms with E-state index in [1.165, 1.54) is 13.2 Å². The minimum atomic E-state index is 0.0339. The van der Waals surface area contributed by atoms with E-state index in [2.05, 4.69) is 11.6 Å². The number of phenolic OH excluding ortho intramolecular Hbond substituents is 1. The van der Waals surface area contributed by atoms with Crippen molar-refractivity contribution in [2.75, 3.05) is 7.11 Å². The van der Waals surface area contributed by atoms with Crippen molar-refractivity contribution in [1.29, 1.82) is 0 Å². The summed E-state index contributed by atoms with van der Waals surface area (Å²) in [6.07, 6.45) is 1.64. The van der Waals surface area contributed by atoms with Gasteiger partial charge in [-0.05, 0) is 48.9 Å². The van der Waals surface area contributed by atoms with Crippen molar-refractivity contribution >= 4 is 18.7 Å². The zero-order valence-corrected chi connectivity index (χ0v) is 13.0. The summed E-state index contributed by atoms with van der Waals surface area (Å²) < 4.78 is 11.0. The fourth-order valence-electron chi connectivity index (χ4n) is 2.03. The molecule has 0 fully saturated rings. The molecule has 0 saturated carbocycles. The zero-order chi connectivity index (χ0) is 16.1. The van der Waals surface area contributed by atoms with Crippen LogP contribution in [-0.2, 0) is 0 Å². The van der Waals surface area contributed by atoms with Gasteiger partial charge in [-0.2, -0.15) is 0 Å². The fourth-order valence-corrected chi connectivity index (χ4v) is 2.03. The van der Waals surface area contributed by atoms with Crippen LogP contribution in [-0.4, -0.2) is 18.4 Å². The Morgan fingerprint density at radius 2 is 2.05 bits per heavy atom. The number of hydrogen-bond donors (Lipinski definition) is 1. The smallest absolute Gasteiger partial charge is 0.226 e.